The molecule has 0 aliphatic carbocycles. The SMILES string of the molecule is C.CC.Cc1cccc(CO)c1. The van der Waals surface area contributed by atoms with Crippen LogP contribution in [0.1, 0.15) is 32.4 Å². The highest BCUT2D eigenvalue weighted by atomic mass is 16.3. The molecule has 1 aromatic rings. The van der Waals surface area contributed by atoms with E-state index in [1.165, 1.54) is 5.56 Å². The fraction of sp³-hybridized carbons (Fsp3) is 0.455. The van der Waals surface area contributed by atoms with Gasteiger partial charge in [0.1, 0.15) is 0 Å². The van der Waals surface area contributed by atoms with E-state index < -0.39 is 0 Å². The number of aliphatic hydroxyl groups is 1. The molecule has 0 heterocycles. The highest BCUT2D eigenvalue weighted by molar-refractivity contribution is 5.21. The van der Waals surface area contributed by atoms with Crippen molar-refractivity contribution in [2.75, 3.05) is 0 Å². The minimum absolute atomic E-state index is 0. The van der Waals surface area contributed by atoms with Gasteiger partial charge in [-0.15, -0.1) is 0 Å². The van der Waals surface area contributed by atoms with Crippen LogP contribution in [0, 0.1) is 6.92 Å². The molecule has 1 rings (SSSR count). The van der Waals surface area contributed by atoms with Crippen molar-refractivity contribution in [2.45, 2.75) is 34.8 Å². The van der Waals surface area contributed by atoms with E-state index in [1.54, 1.807) is 0 Å². The number of aryl methyl sites for hydroxylation is 1. The minimum Gasteiger partial charge on any atom is -0.392 e. The Morgan fingerprint density at radius 2 is 1.83 bits per heavy atom. The lowest BCUT2D eigenvalue weighted by Crippen LogP contribution is -1.81. The quantitative estimate of drug-likeness (QED) is 0.683. The Hall–Kier alpha value is -0.820. The third-order valence-corrected chi connectivity index (χ3v) is 1.27. The number of aliphatic hydroxyl groups excluding tert-OH is 1. The zero-order valence-electron chi connectivity index (χ0n) is 7.46. The van der Waals surface area contributed by atoms with Crippen LogP contribution in [0.3, 0.4) is 0 Å². The molecule has 0 spiro atoms. The number of benzene rings is 1. The zero-order valence-corrected chi connectivity index (χ0v) is 7.46. The van der Waals surface area contributed by atoms with Crippen LogP contribution >= 0.6 is 0 Å². The molecule has 0 radical (unpaired) electrons. The van der Waals surface area contributed by atoms with Gasteiger partial charge in [-0.05, 0) is 12.5 Å². The summed E-state index contributed by atoms with van der Waals surface area (Å²) in [5.74, 6) is 0. The second-order valence-corrected chi connectivity index (χ2v) is 2.15. The third kappa shape index (κ3) is 4.91. The van der Waals surface area contributed by atoms with Gasteiger partial charge in [-0.2, -0.15) is 0 Å². The van der Waals surface area contributed by atoms with Crippen LogP contribution in [-0.2, 0) is 6.61 Å². The van der Waals surface area contributed by atoms with E-state index in [0.717, 1.165) is 5.56 Å². The van der Waals surface area contributed by atoms with E-state index in [4.69, 9.17) is 5.11 Å². The molecule has 0 aromatic heterocycles. The van der Waals surface area contributed by atoms with E-state index in [2.05, 4.69) is 0 Å². The first-order valence-corrected chi connectivity index (χ1v) is 3.99. The standard InChI is InChI=1S/C8H10O.C2H6.CH4/c1-7-3-2-4-8(5-7)6-9;1-2;/h2-5,9H,6H2,1H3;1-2H3;1H4. The van der Waals surface area contributed by atoms with Crippen LogP contribution in [-0.4, -0.2) is 5.11 Å². The summed E-state index contributed by atoms with van der Waals surface area (Å²) in [5.41, 5.74) is 2.18. The van der Waals surface area contributed by atoms with Gasteiger partial charge in [0, 0.05) is 0 Å². The van der Waals surface area contributed by atoms with Gasteiger partial charge in [0.25, 0.3) is 0 Å². The molecule has 1 aromatic carbocycles. The van der Waals surface area contributed by atoms with Gasteiger partial charge < -0.3 is 5.11 Å². The van der Waals surface area contributed by atoms with Crippen molar-refractivity contribution in [3.8, 4) is 0 Å². The molecule has 0 bridgehead atoms. The summed E-state index contributed by atoms with van der Waals surface area (Å²) < 4.78 is 0. The average Bonchev–Trinajstić information content (AvgIpc) is 2.08. The molecule has 0 aliphatic heterocycles. The summed E-state index contributed by atoms with van der Waals surface area (Å²) >= 11 is 0. The molecular weight excluding hydrogens is 148 g/mol. The Balaban J connectivity index is 0. The maximum Gasteiger partial charge on any atom is 0.0681 e. The smallest absolute Gasteiger partial charge is 0.0681 e. The van der Waals surface area contributed by atoms with E-state index in [1.807, 2.05) is 45.0 Å². The first-order valence-electron chi connectivity index (χ1n) is 3.99. The van der Waals surface area contributed by atoms with Crippen LogP contribution in [0.25, 0.3) is 0 Å². The van der Waals surface area contributed by atoms with E-state index in [-0.39, 0.29) is 14.0 Å². The molecule has 70 valence electrons. The molecule has 1 nitrogen and oxygen atoms in total. The van der Waals surface area contributed by atoms with Crippen molar-refractivity contribution in [2.24, 2.45) is 0 Å². The number of hydrogen-bond acceptors (Lipinski definition) is 1. The maximum absolute atomic E-state index is 8.66. The lowest BCUT2D eigenvalue weighted by molar-refractivity contribution is 0.282. The van der Waals surface area contributed by atoms with Crippen LogP contribution in [0.5, 0.6) is 0 Å². The molecule has 0 saturated heterocycles. The van der Waals surface area contributed by atoms with Gasteiger partial charge in [-0.1, -0.05) is 51.1 Å². The van der Waals surface area contributed by atoms with Crippen LogP contribution < -0.4 is 0 Å². The van der Waals surface area contributed by atoms with Gasteiger partial charge in [-0.25, -0.2) is 0 Å². The predicted octanol–water partition coefficient (Wildman–Crippen LogP) is 3.15. The highest BCUT2D eigenvalue weighted by Crippen LogP contribution is 2.02. The Bertz CT molecular complexity index is 194. The van der Waals surface area contributed by atoms with Gasteiger partial charge in [0.05, 0.1) is 6.61 Å². The fourth-order valence-electron chi connectivity index (χ4n) is 0.810. The largest absolute Gasteiger partial charge is 0.392 e. The van der Waals surface area contributed by atoms with Crippen molar-refractivity contribution >= 4 is 0 Å². The number of rotatable bonds is 1. The molecule has 0 aliphatic rings. The summed E-state index contributed by atoms with van der Waals surface area (Å²) in [6.45, 7) is 6.15. The van der Waals surface area contributed by atoms with Gasteiger partial charge in [0.15, 0.2) is 0 Å². The lowest BCUT2D eigenvalue weighted by atomic mass is 10.1. The minimum atomic E-state index is 0. The van der Waals surface area contributed by atoms with Gasteiger partial charge >= 0.3 is 0 Å². The molecule has 1 N–H and O–H groups in total. The van der Waals surface area contributed by atoms with Crippen molar-refractivity contribution in [3.05, 3.63) is 35.4 Å². The Morgan fingerprint density at radius 1 is 1.25 bits per heavy atom. The van der Waals surface area contributed by atoms with Gasteiger partial charge in [-0.3, -0.25) is 0 Å². The molecule has 0 saturated carbocycles. The zero-order chi connectivity index (χ0) is 8.69. The van der Waals surface area contributed by atoms with Crippen molar-refractivity contribution in [1.29, 1.82) is 0 Å². The van der Waals surface area contributed by atoms with Crippen molar-refractivity contribution < 1.29 is 5.11 Å². The fourth-order valence-corrected chi connectivity index (χ4v) is 0.810. The summed E-state index contributed by atoms with van der Waals surface area (Å²) in [6.07, 6.45) is 0. The monoisotopic (exact) mass is 168 g/mol. The van der Waals surface area contributed by atoms with Gasteiger partial charge in [0.2, 0.25) is 0 Å². The first-order chi connectivity index (χ1) is 5.33. The van der Waals surface area contributed by atoms with Crippen molar-refractivity contribution in [1.82, 2.24) is 0 Å². The summed E-state index contributed by atoms with van der Waals surface area (Å²) in [5, 5.41) is 8.66. The molecular formula is C11H20O. The van der Waals surface area contributed by atoms with Crippen LogP contribution in [0.15, 0.2) is 24.3 Å². The summed E-state index contributed by atoms with van der Waals surface area (Å²) in [6, 6.07) is 7.84. The van der Waals surface area contributed by atoms with E-state index in [9.17, 15) is 0 Å². The lowest BCUT2D eigenvalue weighted by Gasteiger charge is -1.94. The molecule has 1 heteroatoms. The molecule has 0 amide bonds. The maximum atomic E-state index is 8.66. The first kappa shape index (κ1) is 13.7. The second-order valence-electron chi connectivity index (χ2n) is 2.15. The highest BCUT2D eigenvalue weighted by Gasteiger charge is 1.86. The summed E-state index contributed by atoms with van der Waals surface area (Å²) in [7, 11) is 0. The van der Waals surface area contributed by atoms with E-state index in [0.29, 0.717) is 0 Å². The van der Waals surface area contributed by atoms with E-state index >= 15 is 0 Å². The second kappa shape index (κ2) is 8.28. The Morgan fingerprint density at radius 3 is 2.17 bits per heavy atom. The Kier molecular flexibility index (Phi) is 9.48. The van der Waals surface area contributed by atoms with Crippen molar-refractivity contribution in [3.63, 3.8) is 0 Å². The van der Waals surface area contributed by atoms with Crippen LogP contribution in [0.2, 0.25) is 0 Å². The summed E-state index contributed by atoms with van der Waals surface area (Å²) in [4.78, 5) is 0. The molecule has 0 fully saturated rings. The predicted molar refractivity (Wildman–Crippen MR) is 55.2 cm³/mol. The molecule has 0 unspecified atom stereocenters. The third-order valence-electron chi connectivity index (χ3n) is 1.27. The topological polar surface area (TPSA) is 20.2 Å². The number of hydrogen-bond donors (Lipinski definition) is 1. The average molecular weight is 168 g/mol. The molecule has 0 atom stereocenters. The normalized spacial score (nSPS) is 7.67. The molecule has 12 heavy (non-hydrogen) atoms. The van der Waals surface area contributed by atoms with Crippen LogP contribution in [0.4, 0.5) is 0 Å². The Labute approximate surface area is 76.1 Å².